The second-order valence-corrected chi connectivity index (χ2v) is 7.14. The van der Waals surface area contributed by atoms with Gasteiger partial charge in [0, 0.05) is 19.6 Å². The van der Waals surface area contributed by atoms with Gasteiger partial charge in [0.2, 0.25) is 0 Å². The topological polar surface area (TPSA) is 79.6 Å². The summed E-state index contributed by atoms with van der Waals surface area (Å²) in [6.07, 6.45) is 4.26. The summed E-state index contributed by atoms with van der Waals surface area (Å²) in [5.41, 5.74) is 1.29. The summed E-state index contributed by atoms with van der Waals surface area (Å²) in [4.78, 5) is 7.26. The first kappa shape index (κ1) is 21.1. The number of aromatic nitrogens is 3. The SMILES string of the molecule is CCNC(=NCc1nncn1CC)NCC(c1ccc(OC)cc1)N1CCCC1. The van der Waals surface area contributed by atoms with Gasteiger partial charge in [0.05, 0.1) is 13.2 Å². The number of hydrogen-bond donors (Lipinski definition) is 2. The number of likely N-dealkylation sites (tertiary alicyclic amines) is 1. The van der Waals surface area contributed by atoms with Crippen LogP contribution in [-0.4, -0.2) is 58.9 Å². The summed E-state index contributed by atoms with van der Waals surface area (Å²) in [6.45, 7) is 9.36. The van der Waals surface area contributed by atoms with Gasteiger partial charge in [-0.2, -0.15) is 0 Å². The van der Waals surface area contributed by atoms with Gasteiger partial charge in [-0.25, -0.2) is 4.99 Å². The van der Waals surface area contributed by atoms with E-state index in [2.05, 4.69) is 51.7 Å². The molecule has 1 unspecified atom stereocenters. The zero-order valence-electron chi connectivity index (χ0n) is 17.8. The molecule has 158 valence electrons. The Labute approximate surface area is 173 Å². The van der Waals surface area contributed by atoms with Crippen LogP contribution in [0.3, 0.4) is 0 Å². The first-order valence-electron chi connectivity index (χ1n) is 10.5. The summed E-state index contributed by atoms with van der Waals surface area (Å²) >= 11 is 0. The molecule has 1 saturated heterocycles. The van der Waals surface area contributed by atoms with Crippen LogP contribution < -0.4 is 15.4 Å². The predicted molar refractivity (Wildman–Crippen MR) is 115 cm³/mol. The highest BCUT2D eigenvalue weighted by Gasteiger charge is 2.23. The molecule has 2 heterocycles. The highest BCUT2D eigenvalue weighted by Crippen LogP contribution is 2.26. The number of ether oxygens (including phenoxy) is 1. The number of guanidine groups is 1. The summed E-state index contributed by atoms with van der Waals surface area (Å²) in [5.74, 6) is 2.56. The Kier molecular flexibility index (Phi) is 7.86. The number of rotatable bonds is 9. The third-order valence-electron chi connectivity index (χ3n) is 5.30. The lowest BCUT2D eigenvalue weighted by Gasteiger charge is -2.29. The van der Waals surface area contributed by atoms with Crippen molar-refractivity contribution >= 4 is 5.96 Å². The quantitative estimate of drug-likeness (QED) is 0.497. The molecular formula is C21H33N7O. The molecule has 1 aliphatic rings. The molecule has 1 aromatic heterocycles. The van der Waals surface area contributed by atoms with Gasteiger partial charge in [0.15, 0.2) is 11.8 Å². The van der Waals surface area contributed by atoms with E-state index in [1.165, 1.54) is 18.4 Å². The highest BCUT2D eigenvalue weighted by atomic mass is 16.5. The minimum atomic E-state index is 0.298. The molecule has 0 amide bonds. The van der Waals surface area contributed by atoms with Crippen LogP contribution in [0.25, 0.3) is 0 Å². The van der Waals surface area contributed by atoms with Crippen LogP contribution in [0.1, 0.15) is 44.1 Å². The lowest BCUT2D eigenvalue weighted by atomic mass is 10.1. The summed E-state index contributed by atoms with van der Waals surface area (Å²) in [5, 5.41) is 15.0. The molecule has 0 radical (unpaired) electrons. The van der Waals surface area contributed by atoms with E-state index in [1.54, 1.807) is 13.4 Å². The van der Waals surface area contributed by atoms with Gasteiger partial charge in [-0.05, 0) is 57.5 Å². The molecular weight excluding hydrogens is 366 g/mol. The molecule has 2 aromatic rings. The Morgan fingerprint density at radius 2 is 1.93 bits per heavy atom. The maximum absolute atomic E-state index is 5.32. The second-order valence-electron chi connectivity index (χ2n) is 7.14. The number of hydrogen-bond acceptors (Lipinski definition) is 5. The van der Waals surface area contributed by atoms with E-state index in [9.17, 15) is 0 Å². The largest absolute Gasteiger partial charge is 0.497 e. The Hall–Kier alpha value is -2.61. The fraction of sp³-hybridized carbons (Fsp3) is 0.571. The summed E-state index contributed by atoms with van der Waals surface area (Å²) < 4.78 is 7.33. The normalized spacial score (nSPS) is 16.0. The third-order valence-corrected chi connectivity index (χ3v) is 5.30. The first-order chi connectivity index (χ1) is 14.2. The molecule has 0 aliphatic carbocycles. The van der Waals surface area contributed by atoms with Gasteiger partial charge in [0.1, 0.15) is 18.6 Å². The van der Waals surface area contributed by atoms with Crippen molar-refractivity contribution in [3.05, 3.63) is 42.0 Å². The van der Waals surface area contributed by atoms with E-state index in [0.29, 0.717) is 12.6 Å². The highest BCUT2D eigenvalue weighted by molar-refractivity contribution is 5.79. The Morgan fingerprint density at radius 1 is 1.17 bits per heavy atom. The zero-order chi connectivity index (χ0) is 20.5. The van der Waals surface area contributed by atoms with Crippen LogP contribution in [-0.2, 0) is 13.1 Å². The smallest absolute Gasteiger partial charge is 0.191 e. The Morgan fingerprint density at radius 3 is 2.59 bits per heavy atom. The molecule has 0 bridgehead atoms. The Bertz CT molecular complexity index is 766. The summed E-state index contributed by atoms with van der Waals surface area (Å²) in [7, 11) is 1.70. The molecule has 8 heteroatoms. The predicted octanol–water partition coefficient (Wildman–Crippen LogP) is 2.20. The summed E-state index contributed by atoms with van der Waals surface area (Å²) in [6, 6.07) is 8.70. The fourth-order valence-electron chi connectivity index (χ4n) is 3.69. The zero-order valence-corrected chi connectivity index (χ0v) is 17.8. The van der Waals surface area contributed by atoms with Crippen molar-refractivity contribution in [2.75, 3.05) is 33.3 Å². The number of aryl methyl sites for hydroxylation is 1. The van der Waals surface area contributed by atoms with Gasteiger partial charge in [-0.15, -0.1) is 10.2 Å². The monoisotopic (exact) mass is 399 g/mol. The number of aliphatic imine (C=N–C) groups is 1. The van der Waals surface area contributed by atoms with Crippen molar-refractivity contribution in [1.82, 2.24) is 30.3 Å². The van der Waals surface area contributed by atoms with Gasteiger partial charge in [-0.3, -0.25) is 4.90 Å². The fourth-order valence-corrected chi connectivity index (χ4v) is 3.69. The number of benzene rings is 1. The molecule has 3 rings (SSSR count). The van der Waals surface area contributed by atoms with Crippen LogP contribution in [0.4, 0.5) is 0 Å². The van der Waals surface area contributed by atoms with Gasteiger partial charge >= 0.3 is 0 Å². The second kappa shape index (κ2) is 10.8. The van der Waals surface area contributed by atoms with E-state index in [-0.39, 0.29) is 0 Å². The molecule has 1 fully saturated rings. The minimum absolute atomic E-state index is 0.298. The molecule has 2 N–H and O–H groups in total. The van der Waals surface area contributed by atoms with Crippen molar-refractivity contribution in [1.29, 1.82) is 0 Å². The van der Waals surface area contributed by atoms with E-state index < -0.39 is 0 Å². The molecule has 1 aromatic carbocycles. The minimum Gasteiger partial charge on any atom is -0.497 e. The molecule has 8 nitrogen and oxygen atoms in total. The van der Waals surface area contributed by atoms with Crippen molar-refractivity contribution in [2.24, 2.45) is 4.99 Å². The van der Waals surface area contributed by atoms with E-state index in [4.69, 9.17) is 9.73 Å². The van der Waals surface area contributed by atoms with Crippen LogP contribution in [0.15, 0.2) is 35.6 Å². The maximum atomic E-state index is 5.32. The van der Waals surface area contributed by atoms with E-state index >= 15 is 0 Å². The molecule has 0 spiro atoms. The van der Waals surface area contributed by atoms with Crippen molar-refractivity contribution in [3.8, 4) is 5.75 Å². The molecule has 29 heavy (non-hydrogen) atoms. The third kappa shape index (κ3) is 5.69. The van der Waals surface area contributed by atoms with Gasteiger partial charge < -0.3 is 19.9 Å². The lowest BCUT2D eigenvalue weighted by molar-refractivity contribution is 0.245. The van der Waals surface area contributed by atoms with Gasteiger partial charge in [-0.1, -0.05) is 12.1 Å². The van der Waals surface area contributed by atoms with Crippen LogP contribution in [0.2, 0.25) is 0 Å². The first-order valence-corrected chi connectivity index (χ1v) is 10.5. The van der Waals surface area contributed by atoms with E-state index in [0.717, 1.165) is 50.3 Å². The average molecular weight is 400 g/mol. The van der Waals surface area contributed by atoms with Crippen LogP contribution >= 0.6 is 0 Å². The standard InChI is InChI=1S/C21H33N7O/c1-4-22-21(24-15-20-26-25-16-27(20)5-2)23-14-19(28-12-6-7-13-28)17-8-10-18(29-3)11-9-17/h8-11,16,19H,4-7,12-15H2,1-3H3,(H2,22,23,24). The maximum Gasteiger partial charge on any atom is 0.191 e. The van der Waals surface area contributed by atoms with Crippen LogP contribution in [0.5, 0.6) is 5.75 Å². The number of nitrogens with zero attached hydrogens (tertiary/aromatic N) is 5. The van der Waals surface area contributed by atoms with E-state index in [1.807, 2.05) is 16.7 Å². The molecule has 0 saturated carbocycles. The van der Waals surface area contributed by atoms with Crippen molar-refractivity contribution < 1.29 is 4.74 Å². The van der Waals surface area contributed by atoms with Crippen LogP contribution in [0, 0.1) is 0 Å². The van der Waals surface area contributed by atoms with Crippen molar-refractivity contribution in [2.45, 2.75) is 45.8 Å². The molecule has 1 aliphatic heterocycles. The van der Waals surface area contributed by atoms with Crippen molar-refractivity contribution in [3.63, 3.8) is 0 Å². The molecule has 1 atom stereocenters. The Balaban J connectivity index is 1.70. The lowest BCUT2D eigenvalue weighted by Crippen LogP contribution is -2.42. The average Bonchev–Trinajstić information content (AvgIpc) is 3.44. The number of nitrogens with one attached hydrogen (secondary N) is 2. The number of methoxy groups -OCH3 is 1. The van der Waals surface area contributed by atoms with Gasteiger partial charge in [0.25, 0.3) is 0 Å².